The van der Waals surface area contributed by atoms with Gasteiger partial charge in [-0.2, -0.15) is 0 Å². The molecule has 0 bridgehead atoms. The van der Waals surface area contributed by atoms with Gasteiger partial charge in [-0.05, 0) is 12.0 Å². The fraction of sp³-hybridized carbons (Fsp3) is 0.583. The monoisotopic (exact) mass is 320 g/mol. The molecule has 11 nitrogen and oxygen atoms in total. The summed E-state index contributed by atoms with van der Waals surface area (Å²) in [6.07, 6.45) is 1.41. The minimum Gasteiger partial charge on any atom is -0.393 e. The minimum absolute atomic E-state index is 0.226. The first kappa shape index (κ1) is 15.4. The summed E-state index contributed by atoms with van der Waals surface area (Å²) in [7, 11) is 0. The molecule has 3 rings (SSSR count). The first-order valence-electron chi connectivity index (χ1n) is 7.04. The van der Waals surface area contributed by atoms with Crippen LogP contribution < -0.4 is 5.73 Å². The number of fused-ring (bicyclic) bond motifs is 1. The van der Waals surface area contributed by atoms with Crippen molar-refractivity contribution in [1.29, 1.82) is 0 Å². The lowest BCUT2D eigenvalue weighted by atomic mass is 9.94. The predicted molar refractivity (Wildman–Crippen MR) is 78.6 cm³/mol. The Balaban J connectivity index is 2.11. The van der Waals surface area contributed by atoms with Gasteiger partial charge >= 0.3 is 0 Å². The summed E-state index contributed by atoms with van der Waals surface area (Å²) in [6.45, 7) is 1.21. The van der Waals surface area contributed by atoms with Gasteiger partial charge in [0.2, 0.25) is 0 Å². The highest BCUT2D eigenvalue weighted by Crippen LogP contribution is 2.44. The van der Waals surface area contributed by atoms with Crippen LogP contribution in [-0.2, 0) is 4.74 Å². The van der Waals surface area contributed by atoms with Crippen LogP contribution in [0, 0.1) is 5.92 Å². The van der Waals surface area contributed by atoms with Crippen LogP contribution in [0.25, 0.3) is 21.6 Å². The second-order valence-electron chi connectivity index (χ2n) is 5.30. The molecule has 2 aromatic heterocycles. The number of rotatable bonds is 4. The van der Waals surface area contributed by atoms with E-state index in [1.165, 1.54) is 12.7 Å². The molecule has 0 amide bonds. The normalized spacial score (nSPS) is 30.5. The largest absolute Gasteiger partial charge is 0.393 e. The molecule has 1 aliphatic heterocycles. The predicted octanol–water partition coefficient (Wildman–Crippen LogP) is 0.323. The molecule has 23 heavy (non-hydrogen) atoms. The van der Waals surface area contributed by atoms with Gasteiger partial charge in [-0.1, -0.05) is 12.0 Å². The first-order chi connectivity index (χ1) is 11.1. The summed E-state index contributed by atoms with van der Waals surface area (Å²) in [6, 6.07) is 0. The molecule has 0 radical (unpaired) electrons. The lowest BCUT2D eigenvalue weighted by Gasteiger charge is -2.24. The Hall–Kier alpha value is -2.46. The summed E-state index contributed by atoms with van der Waals surface area (Å²) >= 11 is 0. The molecule has 11 heteroatoms. The number of ether oxygens (including phenoxy) is 1. The van der Waals surface area contributed by atoms with Gasteiger partial charge in [-0.25, -0.2) is 15.0 Å². The second-order valence-corrected chi connectivity index (χ2v) is 5.30. The molecule has 2 aromatic rings. The van der Waals surface area contributed by atoms with Crippen molar-refractivity contribution in [1.82, 2.24) is 19.5 Å². The van der Waals surface area contributed by atoms with Gasteiger partial charge in [0, 0.05) is 10.8 Å². The minimum atomic E-state index is -1.74. The van der Waals surface area contributed by atoms with Gasteiger partial charge in [-0.15, -0.1) is 0 Å². The Bertz CT molecular complexity index is 773. The molecule has 3 heterocycles. The molecule has 1 fully saturated rings. The average Bonchev–Trinajstić information content (AvgIpc) is 3.09. The number of anilines is 1. The van der Waals surface area contributed by atoms with Crippen LogP contribution in [0.15, 0.2) is 17.8 Å². The smallest absolute Gasteiger partial charge is 0.198 e. The lowest BCUT2D eigenvalue weighted by molar-refractivity contribution is -0.122. The highest BCUT2D eigenvalue weighted by atomic mass is 16.6. The molecule has 4 atom stereocenters. The molecule has 1 aliphatic rings. The number of aliphatic hydroxyl groups is 2. The van der Waals surface area contributed by atoms with Crippen LogP contribution in [0.2, 0.25) is 0 Å². The summed E-state index contributed by atoms with van der Waals surface area (Å²) in [5.41, 5.74) is 13.6. The zero-order valence-corrected chi connectivity index (χ0v) is 12.3. The number of nitrogens with zero attached hydrogens (tertiary/aromatic N) is 7. The third kappa shape index (κ3) is 2.18. The molecular weight excluding hydrogens is 304 g/mol. The van der Waals surface area contributed by atoms with Crippen molar-refractivity contribution in [3.63, 3.8) is 0 Å². The highest BCUT2D eigenvalue weighted by Gasteiger charge is 2.54. The fourth-order valence-electron chi connectivity index (χ4n) is 2.92. The standard InChI is InChI=1S/C12H16N8O3/c1-2-6-8(22)12(3-21,18-19-14)23-11(6)20-5-17-7-9(13)15-4-16-10(7)20/h4-6,8,11,21-22H,2-3H2,1H3,(H2,13,15,16)/t6-,8-,11-,12+/m0/s1. The maximum Gasteiger partial charge on any atom is 0.198 e. The maximum atomic E-state index is 10.5. The fourth-order valence-corrected chi connectivity index (χ4v) is 2.92. The van der Waals surface area contributed by atoms with Gasteiger partial charge in [0.25, 0.3) is 0 Å². The van der Waals surface area contributed by atoms with Gasteiger partial charge in [0.1, 0.15) is 18.1 Å². The van der Waals surface area contributed by atoms with E-state index in [2.05, 4.69) is 25.0 Å². The Morgan fingerprint density at radius 3 is 2.96 bits per heavy atom. The molecule has 0 unspecified atom stereocenters. The van der Waals surface area contributed by atoms with Crippen molar-refractivity contribution < 1.29 is 14.9 Å². The molecular formula is C12H16N8O3. The molecule has 4 N–H and O–H groups in total. The summed E-state index contributed by atoms with van der Waals surface area (Å²) in [5.74, 6) is -0.204. The lowest BCUT2D eigenvalue weighted by Crippen LogP contribution is -2.42. The Morgan fingerprint density at radius 2 is 2.30 bits per heavy atom. The zero-order chi connectivity index (χ0) is 16.6. The maximum absolute atomic E-state index is 10.5. The van der Waals surface area contributed by atoms with Crippen LogP contribution in [0.1, 0.15) is 19.6 Å². The van der Waals surface area contributed by atoms with Crippen LogP contribution in [0.5, 0.6) is 0 Å². The van der Waals surface area contributed by atoms with Crippen molar-refractivity contribution in [2.75, 3.05) is 12.3 Å². The quantitative estimate of drug-likeness (QED) is 0.414. The van der Waals surface area contributed by atoms with E-state index in [-0.39, 0.29) is 5.82 Å². The van der Waals surface area contributed by atoms with Crippen molar-refractivity contribution in [2.45, 2.75) is 31.4 Å². The van der Waals surface area contributed by atoms with E-state index in [0.717, 1.165) is 0 Å². The summed E-state index contributed by atoms with van der Waals surface area (Å²) in [4.78, 5) is 14.9. The molecule has 0 aromatic carbocycles. The number of hydrogen-bond acceptors (Lipinski definition) is 8. The van der Waals surface area contributed by atoms with Gasteiger partial charge in [0.05, 0.1) is 19.0 Å². The van der Waals surface area contributed by atoms with Crippen molar-refractivity contribution in [3.05, 3.63) is 23.1 Å². The first-order valence-corrected chi connectivity index (χ1v) is 7.04. The molecule has 1 saturated heterocycles. The van der Waals surface area contributed by atoms with Gasteiger partial charge in [-0.3, -0.25) is 4.57 Å². The van der Waals surface area contributed by atoms with Crippen LogP contribution >= 0.6 is 0 Å². The number of nitrogens with two attached hydrogens (primary N) is 1. The van der Waals surface area contributed by atoms with Gasteiger partial charge in [0.15, 0.2) is 17.2 Å². The number of nitrogen functional groups attached to an aromatic ring is 1. The molecule has 122 valence electrons. The van der Waals surface area contributed by atoms with Crippen molar-refractivity contribution >= 4 is 17.0 Å². The van der Waals surface area contributed by atoms with E-state index in [1.54, 1.807) is 4.57 Å². The van der Waals surface area contributed by atoms with Crippen molar-refractivity contribution in [2.24, 2.45) is 11.0 Å². The van der Waals surface area contributed by atoms with Gasteiger partial charge < -0.3 is 20.7 Å². The molecule has 0 saturated carbocycles. The number of hydrogen-bond donors (Lipinski definition) is 3. The number of aliphatic hydroxyl groups excluding tert-OH is 2. The summed E-state index contributed by atoms with van der Waals surface area (Å²) in [5, 5.41) is 23.5. The van der Waals surface area contributed by atoms with Crippen LogP contribution in [-0.4, -0.2) is 48.2 Å². The van der Waals surface area contributed by atoms with E-state index in [1.807, 2.05) is 6.92 Å². The van der Waals surface area contributed by atoms with E-state index in [0.29, 0.717) is 17.6 Å². The van der Waals surface area contributed by atoms with Crippen LogP contribution in [0.4, 0.5) is 5.82 Å². The number of aromatic nitrogens is 4. The number of imidazole rings is 1. The molecule has 0 spiro atoms. The van der Waals surface area contributed by atoms with E-state index in [4.69, 9.17) is 16.0 Å². The topological polar surface area (TPSA) is 168 Å². The SMILES string of the molecule is CC[C@@H]1[C@@H](n2cnc3c(N)ncnc32)O[C@@](CO)(N=[N+]=[N-])[C@H]1O. The second kappa shape index (κ2) is 5.63. The third-order valence-electron chi connectivity index (χ3n) is 4.13. The van der Waals surface area contributed by atoms with E-state index < -0.39 is 30.6 Å². The van der Waals surface area contributed by atoms with Crippen LogP contribution in [0.3, 0.4) is 0 Å². The Labute approximate surface area is 130 Å². The van der Waals surface area contributed by atoms with E-state index >= 15 is 0 Å². The van der Waals surface area contributed by atoms with Crippen molar-refractivity contribution in [3.8, 4) is 0 Å². The highest BCUT2D eigenvalue weighted by molar-refractivity contribution is 5.81. The Morgan fingerprint density at radius 1 is 1.52 bits per heavy atom. The third-order valence-corrected chi connectivity index (χ3v) is 4.13. The number of azide groups is 1. The van der Waals surface area contributed by atoms with E-state index in [9.17, 15) is 10.2 Å². The molecule has 0 aliphatic carbocycles. The zero-order valence-electron chi connectivity index (χ0n) is 12.3. The average molecular weight is 320 g/mol. The summed E-state index contributed by atoms with van der Waals surface area (Å²) < 4.78 is 7.34. The Kier molecular flexibility index (Phi) is 3.78.